The van der Waals surface area contributed by atoms with E-state index in [1.807, 2.05) is 0 Å². The molecular weight excluding hydrogens is 240 g/mol. The molecule has 0 aromatic heterocycles. The average Bonchev–Trinajstić information content (AvgIpc) is 2.95. The molecule has 0 saturated heterocycles. The molecule has 0 amide bonds. The van der Waals surface area contributed by atoms with Gasteiger partial charge in [0.1, 0.15) is 5.75 Å². The molecule has 3 nitrogen and oxygen atoms in total. The number of benzene rings is 1. The summed E-state index contributed by atoms with van der Waals surface area (Å²) in [6, 6.07) is 5.18. The Labute approximate surface area is 103 Å². The first-order chi connectivity index (χ1) is 8.56. The minimum absolute atomic E-state index is 0.0121. The summed E-state index contributed by atoms with van der Waals surface area (Å²) in [6.45, 7) is 0.984. The first-order valence-corrected chi connectivity index (χ1v) is 5.94. The molecule has 1 heterocycles. The molecule has 1 aliphatic heterocycles. The zero-order chi connectivity index (χ0) is 12.8. The van der Waals surface area contributed by atoms with Gasteiger partial charge in [0.05, 0.1) is 19.1 Å². The van der Waals surface area contributed by atoms with Gasteiger partial charge in [0.15, 0.2) is 5.78 Å². The number of carbonyl (C=O) groups is 1. The van der Waals surface area contributed by atoms with Crippen molar-refractivity contribution in [1.29, 1.82) is 0 Å². The van der Waals surface area contributed by atoms with E-state index in [1.165, 1.54) is 0 Å². The van der Waals surface area contributed by atoms with E-state index in [-0.39, 0.29) is 18.8 Å². The van der Waals surface area contributed by atoms with E-state index >= 15 is 0 Å². The van der Waals surface area contributed by atoms with Gasteiger partial charge in [-0.1, -0.05) is 6.07 Å². The van der Waals surface area contributed by atoms with Crippen LogP contribution in [0.4, 0.5) is 8.78 Å². The van der Waals surface area contributed by atoms with Crippen LogP contribution in [0.2, 0.25) is 0 Å². The molecule has 0 radical (unpaired) electrons. The zero-order valence-electron chi connectivity index (χ0n) is 9.71. The molecule has 18 heavy (non-hydrogen) atoms. The van der Waals surface area contributed by atoms with E-state index in [4.69, 9.17) is 4.74 Å². The maximum absolute atomic E-state index is 12.7. The summed E-state index contributed by atoms with van der Waals surface area (Å²) in [5, 5.41) is 2.99. The summed E-state index contributed by atoms with van der Waals surface area (Å²) in [5.41, 5.74) is 1.56. The van der Waals surface area contributed by atoms with Crippen molar-refractivity contribution in [2.45, 2.75) is 18.9 Å². The second-order valence-corrected chi connectivity index (χ2v) is 4.82. The molecule has 1 saturated carbocycles. The van der Waals surface area contributed by atoms with Crippen LogP contribution < -0.4 is 10.1 Å². The van der Waals surface area contributed by atoms with Crippen LogP contribution in [0.25, 0.3) is 0 Å². The van der Waals surface area contributed by atoms with Crippen molar-refractivity contribution in [3.05, 3.63) is 29.3 Å². The highest BCUT2D eigenvalue weighted by atomic mass is 19.3. The maximum Gasteiger partial charge on any atom is 0.255 e. The summed E-state index contributed by atoms with van der Waals surface area (Å²) in [5.74, 6) is -2.73. The highest BCUT2D eigenvalue weighted by Crippen LogP contribution is 2.48. The number of rotatable bonds is 3. The maximum atomic E-state index is 12.7. The smallest absolute Gasteiger partial charge is 0.255 e. The van der Waals surface area contributed by atoms with E-state index in [1.54, 1.807) is 18.2 Å². The zero-order valence-corrected chi connectivity index (χ0v) is 9.71. The highest BCUT2D eigenvalue weighted by Gasteiger charge is 2.57. The predicted octanol–water partition coefficient (Wildman–Crippen LogP) is 2.01. The third kappa shape index (κ3) is 2.10. The van der Waals surface area contributed by atoms with E-state index < -0.39 is 11.8 Å². The molecule has 3 rings (SSSR count). The molecule has 0 spiro atoms. The van der Waals surface area contributed by atoms with Gasteiger partial charge in [-0.25, -0.2) is 8.78 Å². The third-order valence-corrected chi connectivity index (χ3v) is 3.39. The second kappa shape index (κ2) is 4.02. The Morgan fingerprint density at radius 2 is 2.17 bits per heavy atom. The van der Waals surface area contributed by atoms with Gasteiger partial charge >= 0.3 is 0 Å². The quantitative estimate of drug-likeness (QED) is 0.895. The predicted molar refractivity (Wildman–Crippen MR) is 61.0 cm³/mol. The van der Waals surface area contributed by atoms with Crippen molar-refractivity contribution < 1.29 is 18.3 Å². The van der Waals surface area contributed by atoms with Crippen molar-refractivity contribution in [3.63, 3.8) is 0 Å². The molecule has 96 valence electrons. The number of fused-ring (bicyclic) bond motifs is 1. The van der Waals surface area contributed by atoms with Gasteiger partial charge in [0.2, 0.25) is 0 Å². The molecule has 0 bridgehead atoms. The lowest BCUT2D eigenvalue weighted by atomic mass is 10.00. The Hall–Kier alpha value is -1.49. The van der Waals surface area contributed by atoms with Crippen LogP contribution in [0.1, 0.15) is 22.3 Å². The molecule has 2 aliphatic rings. The Kier molecular flexibility index (Phi) is 2.59. The fourth-order valence-corrected chi connectivity index (χ4v) is 2.11. The van der Waals surface area contributed by atoms with Crippen LogP contribution in [-0.2, 0) is 6.54 Å². The lowest BCUT2D eigenvalue weighted by Crippen LogP contribution is -2.29. The largest absolute Gasteiger partial charge is 0.493 e. The number of ether oxygens (including phenoxy) is 1. The summed E-state index contributed by atoms with van der Waals surface area (Å²) in [6.07, 6.45) is -0.0964. The molecule has 1 aromatic carbocycles. The number of ketones is 1. The molecule has 1 aliphatic carbocycles. The van der Waals surface area contributed by atoms with E-state index in [0.717, 1.165) is 5.56 Å². The van der Waals surface area contributed by atoms with Crippen LogP contribution in [-0.4, -0.2) is 24.9 Å². The van der Waals surface area contributed by atoms with Crippen molar-refractivity contribution >= 4 is 5.78 Å². The summed E-state index contributed by atoms with van der Waals surface area (Å²) in [7, 11) is 0. The average molecular weight is 253 g/mol. The van der Waals surface area contributed by atoms with Gasteiger partial charge in [-0.3, -0.25) is 4.79 Å². The molecule has 1 atom stereocenters. The topological polar surface area (TPSA) is 38.3 Å². The van der Waals surface area contributed by atoms with Crippen LogP contribution in [0, 0.1) is 5.92 Å². The van der Waals surface area contributed by atoms with Crippen molar-refractivity contribution in [2.75, 3.05) is 13.2 Å². The first-order valence-electron chi connectivity index (χ1n) is 5.94. The van der Waals surface area contributed by atoms with Crippen LogP contribution >= 0.6 is 0 Å². The number of hydrogen-bond donors (Lipinski definition) is 1. The van der Waals surface area contributed by atoms with Gasteiger partial charge < -0.3 is 10.1 Å². The standard InChI is InChI=1S/C13H13F2NO2/c14-13(15)4-9(13)7-18-10-2-1-8-5-16-6-12(17)11(8)3-10/h1-3,9,16H,4-7H2. The molecule has 1 fully saturated rings. The second-order valence-electron chi connectivity index (χ2n) is 4.82. The molecular formula is C13H13F2NO2. The minimum Gasteiger partial charge on any atom is -0.493 e. The Morgan fingerprint density at radius 1 is 1.39 bits per heavy atom. The Bertz CT molecular complexity index is 502. The first kappa shape index (κ1) is 11.6. The normalized spacial score (nSPS) is 24.6. The molecule has 1 N–H and O–H groups in total. The molecule has 1 unspecified atom stereocenters. The summed E-state index contributed by atoms with van der Waals surface area (Å²) >= 11 is 0. The summed E-state index contributed by atoms with van der Waals surface area (Å²) < 4.78 is 30.7. The van der Waals surface area contributed by atoms with E-state index in [9.17, 15) is 13.6 Å². The lowest BCUT2D eigenvalue weighted by Gasteiger charge is -2.17. The van der Waals surface area contributed by atoms with Gasteiger partial charge in [0.25, 0.3) is 5.92 Å². The number of carbonyl (C=O) groups excluding carboxylic acids is 1. The number of Topliss-reactive ketones (excluding diaryl/α,β-unsaturated/α-hetero) is 1. The van der Waals surface area contributed by atoms with E-state index in [2.05, 4.69) is 5.32 Å². The minimum atomic E-state index is -2.56. The van der Waals surface area contributed by atoms with Crippen molar-refractivity contribution in [3.8, 4) is 5.75 Å². The van der Waals surface area contributed by atoms with Gasteiger partial charge in [-0.2, -0.15) is 0 Å². The van der Waals surface area contributed by atoms with Crippen LogP contribution in [0.5, 0.6) is 5.75 Å². The fraction of sp³-hybridized carbons (Fsp3) is 0.462. The van der Waals surface area contributed by atoms with Crippen LogP contribution in [0.3, 0.4) is 0 Å². The number of nitrogens with one attached hydrogen (secondary N) is 1. The monoisotopic (exact) mass is 253 g/mol. The lowest BCUT2D eigenvalue weighted by molar-refractivity contribution is 0.0854. The third-order valence-electron chi connectivity index (χ3n) is 3.39. The Balaban J connectivity index is 1.70. The van der Waals surface area contributed by atoms with Gasteiger partial charge in [-0.15, -0.1) is 0 Å². The molecule has 1 aromatic rings. The van der Waals surface area contributed by atoms with Crippen LogP contribution in [0.15, 0.2) is 18.2 Å². The molecule has 5 heteroatoms. The SMILES string of the molecule is O=C1CNCc2ccc(OCC3CC3(F)F)cc21. The van der Waals surface area contributed by atoms with Gasteiger partial charge in [0, 0.05) is 18.5 Å². The number of hydrogen-bond acceptors (Lipinski definition) is 3. The Morgan fingerprint density at radius 3 is 2.89 bits per heavy atom. The van der Waals surface area contributed by atoms with Crippen molar-refractivity contribution in [1.82, 2.24) is 5.32 Å². The van der Waals surface area contributed by atoms with Gasteiger partial charge in [-0.05, 0) is 17.7 Å². The summed E-state index contributed by atoms with van der Waals surface area (Å²) in [4.78, 5) is 11.7. The number of halogens is 2. The fourth-order valence-electron chi connectivity index (χ4n) is 2.11. The highest BCUT2D eigenvalue weighted by molar-refractivity contribution is 6.00. The number of alkyl halides is 2. The van der Waals surface area contributed by atoms with E-state index in [0.29, 0.717) is 24.4 Å². The van der Waals surface area contributed by atoms with Crippen molar-refractivity contribution in [2.24, 2.45) is 5.92 Å².